The molecule has 0 spiro atoms. The fraction of sp³-hybridized carbons (Fsp3) is 0.316. The van der Waals surface area contributed by atoms with Gasteiger partial charge in [0.25, 0.3) is 0 Å². The van der Waals surface area contributed by atoms with Gasteiger partial charge in [-0.1, -0.05) is 23.7 Å². The van der Waals surface area contributed by atoms with Crippen LogP contribution in [-0.2, 0) is 11.4 Å². The SMILES string of the molecule is CC(C)(C)NC(=O)CNc1ccc(OCc2ccc(Cl)cc2)cc1. The Kier molecular flexibility index (Phi) is 6.10. The molecule has 2 N–H and O–H groups in total. The quantitative estimate of drug-likeness (QED) is 0.822. The maximum atomic E-state index is 11.8. The van der Waals surface area contributed by atoms with Crippen molar-refractivity contribution in [3.63, 3.8) is 0 Å². The first kappa shape index (κ1) is 18.1. The molecule has 2 aromatic rings. The molecule has 2 aromatic carbocycles. The van der Waals surface area contributed by atoms with Crippen LogP contribution < -0.4 is 15.4 Å². The number of nitrogens with one attached hydrogen (secondary N) is 2. The lowest BCUT2D eigenvalue weighted by Crippen LogP contribution is -2.43. The maximum Gasteiger partial charge on any atom is 0.239 e. The summed E-state index contributed by atoms with van der Waals surface area (Å²) < 4.78 is 5.73. The largest absolute Gasteiger partial charge is 0.489 e. The topological polar surface area (TPSA) is 50.4 Å². The second-order valence-electron chi connectivity index (χ2n) is 6.59. The molecule has 128 valence electrons. The fourth-order valence-electron chi connectivity index (χ4n) is 2.06. The van der Waals surface area contributed by atoms with E-state index in [1.165, 1.54) is 0 Å². The van der Waals surface area contributed by atoms with Gasteiger partial charge in [-0.3, -0.25) is 4.79 Å². The Balaban J connectivity index is 1.80. The van der Waals surface area contributed by atoms with Crippen LogP contribution in [-0.4, -0.2) is 18.0 Å². The van der Waals surface area contributed by atoms with Crippen LogP contribution in [0.3, 0.4) is 0 Å². The summed E-state index contributed by atoms with van der Waals surface area (Å²) >= 11 is 5.86. The van der Waals surface area contributed by atoms with E-state index < -0.39 is 0 Å². The van der Waals surface area contributed by atoms with Gasteiger partial charge in [-0.15, -0.1) is 0 Å². The van der Waals surface area contributed by atoms with Crippen LogP contribution >= 0.6 is 11.6 Å². The van der Waals surface area contributed by atoms with Gasteiger partial charge in [-0.2, -0.15) is 0 Å². The molecule has 0 saturated carbocycles. The minimum Gasteiger partial charge on any atom is -0.489 e. The maximum absolute atomic E-state index is 11.8. The number of rotatable bonds is 6. The van der Waals surface area contributed by atoms with E-state index >= 15 is 0 Å². The third-order valence-corrected chi connectivity index (χ3v) is 3.39. The van der Waals surface area contributed by atoms with E-state index in [0.717, 1.165) is 17.0 Å². The highest BCUT2D eigenvalue weighted by molar-refractivity contribution is 6.30. The summed E-state index contributed by atoms with van der Waals surface area (Å²) in [5.41, 5.74) is 1.70. The van der Waals surface area contributed by atoms with E-state index in [-0.39, 0.29) is 18.0 Å². The van der Waals surface area contributed by atoms with Crippen LogP contribution in [0.1, 0.15) is 26.3 Å². The average molecular weight is 347 g/mol. The monoisotopic (exact) mass is 346 g/mol. The van der Waals surface area contributed by atoms with E-state index in [9.17, 15) is 4.79 Å². The smallest absolute Gasteiger partial charge is 0.239 e. The van der Waals surface area contributed by atoms with Gasteiger partial charge in [0.1, 0.15) is 12.4 Å². The molecule has 24 heavy (non-hydrogen) atoms. The van der Waals surface area contributed by atoms with Crippen molar-refractivity contribution in [2.75, 3.05) is 11.9 Å². The first-order chi connectivity index (χ1) is 11.3. The summed E-state index contributed by atoms with van der Waals surface area (Å²) in [6, 6.07) is 15.1. The molecular weight excluding hydrogens is 324 g/mol. The van der Waals surface area contributed by atoms with Gasteiger partial charge in [-0.05, 0) is 62.7 Å². The molecule has 0 unspecified atom stereocenters. The molecule has 4 nitrogen and oxygen atoms in total. The Morgan fingerprint density at radius 2 is 1.67 bits per heavy atom. The summed E-state index contributed by atoms with van der Waals surface area (Å²) in [4.78, 5) is 11.8. The number of carbonyl (C=O) groups is 1. The number of amides is 1. The first-order valence-corrected chi connectivity index (χ1v) is 8.22. The molecule has 0 bridgehead atoms. The molecule has 0 fully saturated rings. The summed E-state index contributed by atoms with van der Waals surface area (Å²) in [6.07, 6.45) is 0. The zero-order valence-corrected chi connectivity index (χ0v) is 15.0. The molecule has 5 heteroatoms. The van der Waals surface area contributed by atoms with Gasteiger partial charge < -0.3 is 15.4 Å². The van der Waals surface area contributed by atoms with Crippen LogP contribution in [0.25, 0.3) is 0 Å². The number of carbonyl (C=O) groups excluding carboxylic acids is 1. The Morgan fingerprint density at radius 1 is 1.04 bits per heavy atom. The van der Waals surface area contributed by atoms with Crippen molar-refractivity contribution in [1.82, 2.24) is 5.32 Å². The number of halogens is 1. The number of anilines is 1. The summed E-state index contributed by atoms with van der Waals surface area (Å²) in [5, 5.41) is 6.71. The van der Waals surface area contributed by atoms with Gasteiger partial charge in [0, 0.05) is 16.2 Å². The van der Waals surface area contributed by atoms with Crippen molar-refractivity contribution in [2.24, 2.45) is 0 Å². The summed E-state index contributed by atoms with van der Waals surface area (Å²) in [7, 11) is 0. The van der Waals surface area contributed by atoms with Crippen LogP contribution in [0.4, 0.5) is 5.69 Å². The third kappa shape index (κ3) is 6.50. The van der Waals surface area contributed by atoms with Crippen molar-refractivity contribution >= 4 is 23.2 Å². The average Bonchev–Trinajstić information content (AvgIpc) is 2.52. The van der Waals surface area contributed by atoms with E-state index in [2.05, 4.69) is 10.6 Å². The lowest BCUT2D eigenvalue weighted by atomic mass is 10.1. The van der Waals surface area contributed by atoms with Crippen molar-refractivity contribution < 1.29 is 9.53 Å². The molecule has 0 radical (unpaired) electrons. The number of ether oxygens (including phenoxy) is 1. The zero-order valence-electron chi connectivity index (χ0n) is 14.2. The minimum atomic E-state index is -0.224. The second kappa shape index (κ2) is 8.06. The number of hydrogen-bond acceptors (Lipinski definition) is 3. The van der Waals surface area contributed by atoms with E-state index in [4.69, 9.17) is 16.3 Å². The van der Waals surface area contributed by atoms with Gasteiger partial charge in [0.2, 0.25) is 5.91 Å². The van der Waals surface area contributed by atoms with Gasteiger partial charge >= 0.3 is 0 Å². The molecule has 0 aliphatic rings. The lowest BCUT2D eigenvalue weighted by Gasteiger charge is -2.20. The van der Waals surface area contributed by atoms with Crippen LogP contribution in [0.2, 0.25) is 5.02 Å². The van der Waals surface area contributed by atoms with Gasteiger partial charge in [-0.25, -0.2) is 0 Å². The standard InChI is InChI=1S/C19H23ClN2O2/c1-19(2,3)22-18(23)12-21-16-8-10-17(11-9-16)24-13-14-4-6-15(20)7-5-14/h4-11,21H,12-13H2,1-3H3,(H,22,23). The summed E-state index contributed by atoms with van der Waals surface area (Å²) in [6.45, 7) is 6.59. The highest BCUT2D eigenvalue weighted by Gasteiger charge is 2.13. The lowest BCUT2D eigenvalue weighted by molar-refractivity contribution is -0.120. The van der Waals surface area contributed by atoms with E-state index in [0.29, 0.717) is 11.6 Å². The minimum absolute atomic E-state index is 0.0365. The molecule has 0 saturated heterocycles. The molecule has 0 atom stereocenters. The van der Waals surface area contributed by atoms with Gasteiger partial charge in [0.05, 0.1) is 6.54 Å². The number of benzene rings is 2. The van der Waals surface area contributed by atoms with Crippen molar-refractivity contribution in [1.29, 1.82) is 0 Å². The Bertz CT molecular complexity index is 661. The molecule has 0 aromatic heterocycles. The molecular formula is C19H23ClN2O2. The summed E-state index contributed by atoms with van der Waals surface area (Å²) in [5.74, 6) is 0.736. The van der Waals surface area contributed by atoms with E-state index in [1.807, 2.05) is 69.3 Å². The molecule has 0 aliphatic heterocycles. The predicted molar refractivity (Wildman–Crippen MR) is 98.6 cm³/mol. The zero-order chi connectivity index (χ0) is 17.6. The van der Waals surface area contributed by atoms with Crippen molar-refractivity contribution in [3.05, 3.63) is 59.1 Å². The van der Waals surface area contributed by atoms with Crippen LogP contribution in [0, 0.1) is 0 Å². The number of hydrogen-bond donors (Lipinski definition) is 2. The Labute approximate surface area is 148 Å². The molecule has 0 aliphatic carbocycles. The second-order valence-corrected chi connectivity index (χ2v) is 7.03. The predicted octanol–water partition coefficient (Wildman–Crippen LogP) is 4.25. The highest BCUT2D eigenvalue weighted by atomic mass is 35.5. The first-order valence-electron chi connectivity index (χ1n) is 7.84. The molecule has 1 amide bonds. The Morgan fingerprint density at radius 3 is 2.25 bits per heavy atom. The molecule has 2 rings (SSSR count). The van der Waals surface area contributed by atoms with Crippen molar-refractivity contribution in [2.45, 2.75) is 32.9 Å². The normalized spacial score (nSPS) is 11.0. The van der Waals surface area contributed by atoms with Crippen LogP contribution in [0.15, 0.2) is 48.5 Å². The fourth-order valence-corrected chi connectivity index (χ4v) is 2.19. The van der Waals surface area contributed by atoms with Crippen molar-refractivity contribution in [3.8, 4) is 5.75 Å². The highest BCUT2D eigenvalue weighted by Crippen LogP contribution is 2.17. The third-order valence-electron chi connectivity index (χ3n) is 3.14. The van der Waals surface area contributed by atoms with E-state index in [1.54, 1.807) is 0 Å². The van der Waals surface area contributed by atoms with Gasteiger partial charge in [0.15, 0.2) is 0 Å². The Hall–Kier alpha value is -2.20. The molecule has 0 heterocycles. The van der Waals surface area contributed by atoms with Crippen LogP contribution in [0.5, 0.6) is 5.75 Å².